The molecule has 2 fully saturated rings. The van der Waals surface area contributed by atoms with Crippen LogP contribution in [0.3, 0.4) is 0 Å². The van der Waals surface area contributed by atoms with Crippen LogP contribution in [0.25, 0.3) is 22.3 Å². The van der Waals surface area contributed by atoms with Crippen molar-refractivity contribution >= 4 is 28.6 Å². The highest BCUT2D eigenvalue weighted by Gasteiger charge is 2.47. The zero-order chi connectivity index (χ0) is 29.1. The standard InChI is InChI=1S/C33H36N4O4S/c1-33(2)30(35-31(42-33)24-12-8-15-34-22-24)32(39)37-19-17-36(18-20-37)16-9-21-40-29-27(38)25-13-6-7-14-26(25)41-28(29)23-10-4-3-5-11-23/h3-8,10-15,22,30-31,35H,9,16-21H2,1-2H3/t30-,31?/m0/s1. The largest absolute Gasteiger partial charge is 0.486 e. The van der Waals surface area contributed by atoms with E-state index in [-0.39, 0.29) is 33.2 Å². The number of pyridine rings is 1. The maximum atomic E-state index is 13.5. The molecule has 2 aromatic carbocycles. The average Bonchev–Trinajstić information content (AvgIpc) is 3.35. The second kappa shape index (κ2) is 12.3. The summed E-state index contributed by atoms with van der Waals surface area (Å²) in [5.41, 5.74) is 2.29. The number of rotatable bonds is 8. The molecule has 42 heavy (non-hydrogen) atoms. The lowest BCUT2D eigenvalue weighted by Gasteiger charge is -2.37. The van der Waals surface area contributed by atoms with Gasteiger partial charge in [0.2, 0.25) is 17.1 Å². The van der Waals surface area contributed by atoms with Crippen LogP contribution < -0.4 is 15.5 Å². The van der Waals surface area contributed by atoms with E-state index in [0.717, 1.165) is 37.2 Å². The molecular formula is C33H36N4O4S. The number of carbonyl (C=O) groups is 1. The van der Waals surface area contributed by atoms with Crippen LogP contribution in [0, 0.1) is 0 Å². The zero-order valence-electron chi connectivity index (χ0n) is 24.0. The molecule has 1 N–H and O–H groups in total. The van der Waals surface area contributed by atoms with Gasteiger partial charge in [-0.2, -0.15) is 0 Å². The normalized spacial score (nSPS) is 20.6. The third kappa shape index (κ3) is 5.95. The summed E-state index contributed by atoms with van der Waals surface area (Å²) in [6.07, 6.45) is 4.39. The van der Waals surface area contributed by atoms with Gasteiger partial charge in [0.05, 0.1) is 17.4 Å². The van der Waals surface area contributed by atoms with E-state index in [1.54, 1.807) is 30.1 Å². The van der Waals surface area contributed by atoms with Crippen molar-refractivity contribution in [2.24, 2.45) is 0 Å². The van der Waals surface area contributed by atoms with Crippen molar-refractivity contribution in [1.82, 2.24) is 20.1 Å². The Balaban J connectivity index is 1.03. The summed E-state index contributed by atoms with van der Waals surface area (Å²) in [6, 6.07) is 20.6. The first kappa shape index (κ1) is 28.5. The summed E-state index contributed by atoms with van der Waals surface area (Å²) in [5.74, 6) is 0.876. The lowest BCUT2D eigenvalue weighted by Crippen LogP contribution is -2.56. The van der Waals surface area contributed by atoms with Gasteiger partial charge in [0.25, 0.3) is 0 Å². The highest BCUT2D eigenvalue weighted by atomic mass is 32.2. The second-order valence-electron chi connectivity index (χ2n) is 11.3. The second-order valence-corrected chi connectivity index (χ2v) is 13.1. The van der Waals surface area contributed by atoms with Crippen molar-refractivity contribution < 1.29 is 13.9 Å². The highest BCUT2D eigenvalue weighted by molar-refractivity contribution is 8.01. The SMILES string of the molecule is CC1(C)SC(c2cccnc2)N[C@H]1C(=O)N1CCN(CCCOc2c(-c3ccccc3)oc3ccccc3c2=O)CC1. The van der Waals surface area contributed by atoms with Crippen molar-refractivity contribution in [3.05, 3.63) is 94.9 Å². The Labute approximate surface area is 250 Å². The number of carbonyl (C=O) groups excluding carboxylic acids is 1. The van der Waals surface area contributed by atoms with Crippen LogP contribution in [0.15, 0.2) is 88.3 Å². The first-order valence-corrected chi connectivity index (χ1v) is 15.4. The molecule has 0 saturated carbocycles. The number of hydrogen-bond acceptors (Lipinski definition) is 8. The number of nitrogens with zero attached hydrogens (tertiary/aromatic N) is 3. The number of amides is 1. The number of hydrogen-bond donors (Lipinski definition) is 1. The Bertz CT molecular complexity index is 1590. The average molecular weight is 585 g/mol. The molecule has 2 aromatic heterocycles. The van der Waals surface area contributed by atoms with E-state index >= 15 is 0 Å². The van der Waals surface area contributed by atoms with E-state index in [1.165, 1.54) is 0 Å². The Morgan fingerprint density at radius 3 is 2.57 bits per heavy atom. The summed E-state index contributed by atoms with van der Waals surface area (Å²) in [5, 5.41) is 4.13. The molecule has 0 aliphatic carbocycles. The fraction of sp³-hybridized carbons (Fsp3) is 0.364. The van der Waals surface area contributed by atoms with Crippen LogP contribution in [0.5, 0.6) is 5.75 Å². The predicted octanol–water partition coefficient (Wildman–Crippen LogP) is 4.95. The van der Waals surface area contributed by atoms with E-state index in [0.29, 0.717) is 36.4 Å². The summed E-state index contributed by atoms with van der Waals surface area (Å²) >= 11 is 1.78. The van der Waals surface area contributed by atoms with Crippen molar-refractivity contribution in [1.29, 1.82) is 0 Å². The number of thioether (sulfide) groups is 1. The number of fused-ring (bicyclic) bond motifs is 1. The number of para-hydroxylation sites is 1. The molecule has 9 heteroatoms. The third-order valence-corrected chi connectivity index (χ3v) is 9.50. The Kier molecular flexibility index (Phi) is 8.33. The van der Waals surface area contributed by atoms with Gasteiger partial charge in [-0.15, -0.1) is 11.8 Å². The van der Waals surface area contributed by atoms with Crippen LogP contribution in [0.1, 0.15) is 31.2 Å². The minimum atomic E-state index is -0.250. The van der Waals surface area contributed by atoms with E-state index in [4.69, 9.17) is 9.15 Å². The Morgan fingerprint density at radius 1 is 1.05 bits per heavy atom. The summed E-state index contributed by atoms with van der Waals surface area (Å²) in [6.45, 7) is 8.52. The number of ether oxygens (including phenoxy) is 1. The zero-order valence-corrected chi connectivity index (χ0v) is 24.8. The van der Waals surface area contributed by atoms with Crippen LogP contribution in [-0.4, -0.2) is 70.8 Å². The maximum absolute atomic E-state index is 13.5. The fourth-order valence-electron chi connectivity index (χ4n) is 5.69. The fourth-order valence-corrected chi connectivity index (χ4v) is 7.09. The first-order valence-electron chi connectivity index (χ1n) is 14.5. The molecule has 2 aliphatic rings. The van der Waals surface area contributed by atoms with E-state index in [2.05, 4.69) is 35.1 Å². The van der Waals surface area contributed by atoms with Crippen molar-refractivity contribution in [2.45, 2.75) is 36.4 Å². The summed E-state index contributed by atoms with van der Waals surface area (Å²) in [4.78, 5) is 35.5. The molecule has 1 amide bonds. The number of nitrogens with one attached hydrogen (secondary N) is 1. The van der Waals surface area contributed by atoms with E-state index in [9.17, 15) is 9.59 Å². The number of benzene rings is 2. The molecule has 0 spiro atoms. The van der Waals surface area contributed by atoms with Crippen molar-refractivity contribution in [2.75, 3.05) is 39.3 Å². The molecule has 8 nitrogen and oxygen atoms in total. The van der Waals surface area contributed by atoms with E-state index < -0.39 is 0 Å². The van der Waals surface area contributed by atoms with Gasteiger partial charge in [-0.25, -0.2) is 0 Å². The van der Waals surface area contributed by atoms with E-state index in [1.807, 2.05) is 59.6 Å². The van der Waals surface area contributed by atoms with Gasteiger partial charge in [0.15, 0.2) is 5.76 Å². The molecule has 0 radical (unpaired) electrons. The molecular weight excluding hydrogens is 548 g/mol. The van der Waals surface area contributed by atoms with Gasteiger partial charge in [0.1, 0.15) is 11.6 Å². The summed E-state index contributed by atoms with van der Waals surface area (Å²) < 4.78 is 12.0. The highest BCUT2D eigenvalue weighted by Crippen LogP contribution is 2.46. The first-order chi connectivity index (χ1) is 20.4. The predicted molar refractivity (Wildman–Crippen MR) is 167 cm³/mol. The Morgan fingerprint density at radius 2 is 1.81 bits per heavy atom. The van der Waals surface area contributed by atoms with Gasteiger partial charge in [-0.3, -0.25) is 24.8 Å². The molecule has 0 bridgehead atoms. The van der Waals surface area contributed by atoms with Crippen molar-refractivity contribution in [3.8, 4) is 17.1 Å². The minimum Gasteiger partial charge on any atom is -0.486 e. The minimum absolute atomic E-state index is 0.0522. The van der Waals surface area contributed by atoms with Crippen LogP contribution in [0.2, 0.25) is 0 Å². The van der Waals surface area contributed by atoms with Crippen LogP contribution in [-0.2, 0) is 4.79 Å². The van der Waals surface area contributed by atoms with Gasteiger partial charge in [0, 0.05) is 55.4 Å². The van der Waals surface area contributed by atoms with Crippen LogP contribution in [0.4, 0.5) is 0 Å². The molecule has 6 rings (SSSR count). The molecule has 2 saturated heterocycles. The maximum Gasteiger partial charge on any atom is 0.241 e. The molecule has 1 unspecified atom stereocenters. The topological polar surface area (TPSA) is 87.9 Å². The van der Waals surface area contributed by atoms with Gasteiger partial charge in [-0.1, -0.05) is 48.5 Å². The van der Waals surface area contributed by atoms with Gasteiger partial charge < -0.3 is 14.1 Å². The van der Waals surface area contributed by atoms with Crippen molar-refractivity contribution in [3.63, 3.8) is 0 Å². The lowest BCUT2D eigenvalue weighted by molar-refractivity contribution is -0.135. The molecule has 218 valence electrons. The molecule has 2 aliphatic heterocycles. The monoisotopic (exact) mass is 584 g/mol. The van der Waals surface area contributed by atoms with Gasteiger partial charge >= 0.3 is 0 Å². The quantitative estimate of drug-likeness (QED) is 0.291. The van der Waals surface area contributed by atoms with Crippen LogP contribution >= 0.6 is 11.8 Å². The molecule has 4 aromatic rings. The number of piperazine rings is 1. The lowest BCUT2D eigenvalue weighted by atomic mass is 10.0. The molecule has 4 heterocycles. The number of aromatic nitrogens is 1. The third-order valence-electron chi connectivity index (χ3n) is 8.01. The smallest absolute Gasteiger partial charge is 0.241 e. The van der Waals surface area contributed by atoms with Gasteiger partial charge in [-0.05, 0) is 44.0 Å². The Hall–Kier alpha value is -3.66. The molecule has 2 atom stereocenters. The summed E-state index contributed by atoms with van der Waals surface area (Å²) in [7, 11) is 0.